The highest BCUT2D eigenvalue weighted by Crippen LogP contribution is 2.33. The summed E-state index contributed by atoms with van der Waals surface area (Å²) in [6.45, 7) is 13.8. The van der Waals surface area contributed by atoms with Gasteiger partial charge in [0.05, 0.1) is 0 Å². The van der Waals surface area contributed by atoms with Crippen LogP contribution >= 0.6 is 11.3 Å². The molecule has 19 heavy (non-hydrogen) atoms. The molecule has 0 bridgehead atoms. The monoisotopic (exact) mass is 280 g/mol. The van der Waals surface area contributed by atoms with Crippen LogP contribution in [0.1, 0.15) is 57.5 Å². The van der Waals surface area contributed by atoms with Crippen molar-refractivity contribution >= 4 is 11.3 Å². The molecule has 1 aliphatic rings. The number of nitrogens with one attached hydrogen (secondary N) is 1. The molecule has 2 unspecified atom stereocenters. The number of nitrogens with zero attached hydrogens (tertiary/aromatic N) is 1. The molecule has 0 fully saturated rings. The van der Waals surface area contributed by atoms with Gasteiger partial charge in [-0.1, -0.05) is 6.92 Å². The maximum atomic E-state index is 3.71. The van der Waals surface area contributed by atoms with Crippen molar-refractivity contribution in [3.05, 3.63) is 21.9 Å². The van der Waals surface area contributed by atoms with Crippen molar-refractivity contribution in [3.63, 3.8) is 0 Å². The molecule has 2 heterocycles. The highest BCUT2D eigenvalue weighted by atomic mass is 32.1. The largest absolute Gasteiger partial charge is 0.310 e. The molecule has 108 valence electrons. The molecule has 0 amide bonds. The molecule has 0 saturated heterocycles. The highest BCUT2D eigenvalue weighted by molar-refractivity contribution is 7.10. The van der Waals surface area contributed by atoms with Gasteiger partial charge in [0.2, 0.25) is 0 Å². The molecule has 0 radical (unpaired) electrons. The van der Waals surface area contributed by atoms with E-state index in [1.165, 1.54) is 19.4 Å². The first kappa shape index (κ1) is 15.0. The Balaban J connectivity index is 1.96. The van der Waals surface area contributed by atoms with Crippen molar-refractivity contribution in [1.29, 1.82) is 0 Å². The Hall–Kier alpha value is -0.380. The van der Waals surface area contributed by atoms with E-state index < -0.39 is 0 Å². The molecule has 1 N–H and O–H groups in total. The van der Waals surface area contributed by atoms with Crippen LogP contribution in [-0.4, -0.2) is 29.6 Å². The maximum absolute atomic E-state index is 3.71. The standard InChI is InChI=1S/C16H28N2S/c1-6-16(4,5)17-11-12(2)18-9-7-15-14(13(18)3)8-10-19-15/h8,10,12-13,17H,6-7,9,11H2,1-5H3. The van der Waals surface area contributed by atoms with Crippen LogP contribution in [0.15, 0.2) is 11.4 Å². The van der Waals surface area contributed by atoms with Gasteiger partial charge in [-0.15, -0.1) is 11.3 Å². The molecule has 1 aromatic heterocycles. The SMILES string of the molecule is CCC(C)(C)NCC(C)N1CCc2sccc2C1C. The highest BCUT2D eigenvalue weighted by Gasteiger charge is 2.28. The first-order valence-corrected chi connectivity index (χ1v) is 8.39. The molecule has 2 atom stereocenters. The molecular weight excluding hydrogens is 252 g/mol. The fraction of sp³-hybridized carbons (Fsp3) is 0.750. The van der Waals surface area contributed by atoms with E-state index in [1.54, 1.807) is 10.4 Å². The van der Waals surface area contributed by atoms with Gasteiger partial charge < -0.3 is 5.32 Å². The van der Waals surface area contributed by atoms with Crippen LogP contribution in [0, 0.1) is 0 Å². The zero-order valence-electron chi connectivity index (χ0n) is 13.0. The van der Waals surface area contributed by atoms with E-state index in [1.807, 2.05) is 11.3 Å². The summed E-state index contributed by atoms with van der Waals surface area (Å²) in [7, 11) is 0. The number of fused-ring (bicyclic) bond motifs is 1. The van der Waals surface area contributed by atoms with Crippen LogP contribution in [-0.2, 0) is 6.42 Å². The van der Waals surface area contributed by atoms with E-state index in [-0.39, 0.29) is 5.54 Å². The zero-order chi connectivity index (χ0) is 14.0. The Bertz CT molecular complexity index is 411. The summed E-state index contributed by atoms with van der Waals surface area (Å²) in [4.78, 5) is 4.24. The first-order valence-electron chi connectivity index (χ1n) is 7.51. The molecule has 1 aliphatic heterocycles. The molecular formula is C16H28N2S. The lowest BCUT2D eigenvalue weighted by atomic mass is 9.98. The molecule has 0 aliphatic carbocycles. The van der Waals surface area contributed by atoms with Gasteiger partial charge in [-0.25, -0.2) is 0 Å². The summed E-state index contributed by atoms with van der Waals surface area (Å²) in [5.74, 6) is 0. The predicted octanol–water partition coefficient (Wildman–Crippen LogP) is 3.83. The molecule has 0 aromatic carbocycles. The Morgan fingerprint density at radius 3 is 2.95 bits per heavy atom. The van der Waals surface area contributed by atoms with Gasteiger partial charge in [-0.3, -0.25) is 4.90 Å². The normalized spacial score (nSPS) is 22.3. The van der Waals surface area contributed by atoms with Gasteiger partial charge in [0.1, 0.15) is 0 Å². The quantitative estimate of drug-likeness (QED) is 0.881. The van der Waals surface area contributed by atoms with E-state index in [0.717, 1.165) is 6.54 Å². The van der Waals surface area contributed by atoms with Gasteiger partial charge in [-0.2, -0.15) is 0 Å². The van der Waals surface area contributed by atoms with Crippen molar-refractivity contribution in [2.75, 3.05) is 13.1 Å². The van der Waals surface area contributed by atoms with Crippen molar-refractivity contribution < 1.29 is 0 Å². The van der Waals surface area contributed by atoms with Gasteiger partial charge in [-0.05, 0) is 57.5 Å². The number of thiophene rings is 1. The third-order valence-corrected chi connectivity index (χ3v) is 5.65. The second kappa shape index (κ2) is 5.94. The second-order valence-corrected chi connectivity index (χ2v) is 7.43. The van der Waals surface area contributed by atoms with E-state index in [2.05, 4.69) is 56.3 Å². The zero-order valence-corrected chi connectivity index (χ0v) is 13.8. The van der Waals surface area contributed by atoms with Crippen molar-refractivity contribution in [2.24, 2.45) is 0 Å². The Labute approximate surface area is 122 Å². The van der Waals surface area contributed by atoms with Crippen LogP contribution in [0.5, 0.6) is 0 Å². The summed E-state index contributed by atoms with van der Waals surface area (Å²) in [6.07, 6.45) is 2.39. The molecule has 3 heteroatoms. The third-order valence-electron chi connectivity index (χ3n) is 4.65. The summed E-state index contributed by atoms with van der Waals surface area (Å²) in [5, 5.41) is 5.95. The summed E-state index contributed by atoms with van der Waals surface area (Å²) in [5.41, 5.74) is 1.80. The van der Waals surface area contributed by atoms with Crippen molar-refractivity contribution in [3.8, 4) is 0 Å². The maximum Gasteiger partial charge on any atom is 0.0334 e. The fourth-order valence-corrected chi connectivity index (χ4v) is 3.76. The van der Waals surface area contributed by atoms with Gasteiger partial charge in [0, 0.05) is 35.6 Å². The van der Waals surface area contributed by atoms with Crippen LogP contribution in [0.3, 0.4) is 0 Å². The summed E-state index contributed by atoms with van der Waals surface area (Å²) < 4.78 is 0. The van der Waals surface area contributed by atoms with Gasteiger partial charge >= 0.3 is 0 Å². The van der Waals surface area contributed by atoms with Gasteiger partial charge in [0.25, 0.3) is 0 Å². The minimum atomic E-state index is 0.251. The predicted molar refractivity (Wildman–Crippen MR) is 85.0 cm³/mol. The number of rotatable bonds is 5. The Morgan fingerprint density at radius 1 is 1.53 bits per heavy atom. The summed E-state index contributed by atoms with van der Waals surface area (Å²) >= 11 is 1.92. The topological polar surface area (TPSA) is 15.3 Å². The lowest BCUT2D eigenvalue weighted by molar-refractivity contribution is 0.135. The molecule has 0 spiro atoms. The lowest BCUT2D eigenvalue weighted by Crippen LogP contribution is -2.49. The van der Waals surface area contributed by atoms with Crippen LogP contribution in [0.2, 0.25) is 0 Å². The minimum absolute atomic E-state index is 0.251. The third kappa shape index (κ3) is 3.39. The molecule has 1 aromatic rings. The first-order chi connectivity index (χ1) is 8.94. The Kier molecular flexibility index (Phi) is 4.70. The molecule has 2 nitrogen and oxygen atoms in total. The lowest BCUT2D eigenvalue weighted by Gasteiger charge is -2.39. The number of hydrogen-bond donors (Lipinski definition) is 1. The van der Waals surface area contributed by atoms with Gasteiger partial charge in [0.15, 0.2) is 0 Å². The average molecular weight is 280 g/mol. The van der Waals surface area contributed by atoms with Crippen molar-refractivity contribution in [1.82, 2.24) is 10.2 Å². The van der Waals surface area contributed by atoms with E-state index in [0.29, 0.717) is 12.1 Å². The smallest absolute Gasteiger partial charge is 0.0334 e. The number of hydrogen-bond acceptors (Lipinski definition) is 3. The Morgan fingerprint density at radius 2 is 2.26 bits per heavy atom. The summed E-state index contributed by atoms with van der Waals surface area (Å²) in [6, 6.07) is 3.47. The van der Waals surface area contributed by atoms with Crippen LogP contribution in [0.25, 0.3) is 0 Å². The fourth-order valence-electron chi connectivity index (χ4n) is 2.80. The molecule has 0 saturated carbocycles. The van der Waals surface area contributed by atoms with Crippen molar-refractivity contribution in [2.45, 2.75) is 65.1 Å². The average Bonchev–Trinajstić information content (AvgIpc) is 2.86. The molecule has 2 rings (SSSR count). The minimum Gasteiger partial charge on any atom is -0.310 e. The van der Waals surface area contributed by atoms with E-state index in [9.17, 15) is 0 Å². The van der Waals surface area contributed by atoms with Crippen LogP contribution < -0.4 is 5.32 Å². The van der Waals surface area contributed by atoms with E-state index >= 15 is 0 Å². The van der Waals surface area contributed by atoms with Crippen LogP contribution in [0.4, 0.5) is 0 Å². The van der Waals surface area contributed by atoms with E-state index in [4.69, 9.17) is 0 Å². The second-order valence-electron chi connectivity index (χ2n) is 6.43.